The van der Waals surface area contributed by atoms with Crippen LogP contribution in [0.3, 0.4) is 0 Å². The van der Waals surface area contributed by atoms with Gasteiger partial charge in [0.2, 0.25) is 0 Å². The molecule has 0 saturated carbocycles. The summed E-state index contributed by atoms with van der Waals surface area (Å²) >= 11 is 0. The van der Waals surface area contributed by atoms with E-state index in [4.69, 9.17) is 0 Å². The number of amides is 1. The van der Waals surface area contributed by atoms with Gasteiger partial charge in [-0.05, 0) is 12.8 Å². The molecule has 1 aliphatic heterocycles. The Morgan fingerprint density at radius 1 is 1.33 bits per heavy atom. The molecule has 1 rings (SSSR count). The quantitative estimate of drug-likeness (QED) is 0.254. The number of likely N-dealkylation sites (tertiary alicyclic amines) is 1. The van der Waals surface area contributed by atoms with Crippen LogP contribution in [0.15, 0.2) is 0 Å². The molecule has 3 heteroatoms. The summed E-state index contributed by atoms with van der Waals surface area (Å²) in [4.78, 5) is 12.2. The topological polar surface area (TPSA) is 20.3 Å². The Bertz CT molecular complexity index is 99.2. The van der Waals surface area contributed by atoms with Crippen LogP contribution in [-0.4, -0.2) is 23.9 Å². The summed E-state index contributed by atoms with van der Waals surface area (Å²) in [7, 11) is 0. The summed E-state index contributed by atoms with van der Waals surface area (Å²) in [6, 6.07) is 0. The maximum absolute atomic E-state index is 10.5. The normalized spacial score (nSPS) is 17.1. The fourth-order valence-corrected chi connectivity index (χ4v) is 0.967. The SMILES string of the molecule is [CH2-]C(=O)N1CCCC1.[Li+]. The van der Waals surface area contributed by atoms with E-state index in [0.717, 1.165) is 25.9 Å². The molecule has 9 heavy (non-hydrogen) atoms. The second-order valence-electron chi connectivity index (χ2n) is 2.09. The largest absolute Gasteiger partial charge is 1.00 e. The summed E-state index contributed by atoms with van der Waals surface area (Å²) in [5.74, 6) is -0.0255. The van der Waals surface area contributed by atoms with Gasteiger partial charge in [-0.2, -0.15) is 0 Å². The van der Waals surface area contributed by atoms with Crippen LogP contribution in [0.25, 0.3) is 0 Å². The zero-order valence-electron chi connectivity index (χ0n) is 5.89. The number of nitrogens with zero attached hydrogens (tertiary/aromatic N) is 1. The smallest absolute Gasteiger partial charge is 0.368 e. The molecular formula is C6H10LiNO. The standard InChI is InChI=1S/C6H10NO.Li/c1-6(8)7-4-2-3-5-7;/h1-5H2;/q-1;+1. The van der Waals surface area contributed by atoms with Crippen LogP contribution in [-0.2, 0) is 4.79 Å². The molecule has 1 fully saturated rings. The predicted octanol–water partition coefficient (Wildman–Crippen LogP) is -2.55. The fraction of sp³-hybridized carbons (Fsp3) is 0.667. The van der Waals surface area contributed by atoms with Gasteiger partial charge in [-0.3, -0.25) is 0 Å². The number of hydrogen-bond acceptors (Lipinski definition) is 1. The molecule has 0 bridgehead atoms. The second kappa shape index (κ2) is 3.87. The van der Waals surface area contributed by atoms with Gasteiger partial charge in [-0.25, -0.2) is 0 Å². The van der Waals surface area contributed by atoms with Crippen molar-refractivity contribution in [1.29, 1.82) is 0 Å². The van der Waals surface area contributed by atoms with E-state index in [2.05, 4.69) is 6.92 Å². The number of carbonyl (C=O) groups excluding carboxylic acids is 1. The molecule has 0 aromatic rings. The minimum Gasteiger partial charge on any atom is -0.368 e. The van der Waals surface area contributed by atoms with E-state index in [9.17, 15) is 4.79 Å². The van der Waals surface area contributed by atoms with E-state index >= 15 is 0 Å². The molecule has 1 heterocycles. The first-order valence-corrected chi connectivity index (χ1v) is 2.91. The van der Waals surface area contributed by atoms with Gasteiger partial charge in [-0.1, -0.05) is 0 Å². The van der Waals surface area contributed by atoms with Crippen molar-refractivity contribution in [3.8, 4) is 0 Å². The second-order valence-corrected chi connectivity index (χ2v) is 2.09. The van der Waals surface area contributed by atoms with Crippen molar-refractivity contribution in [3.63, 3.8) is 0 Å². The van der Waals surface area contributed by atoms with Crippen LogP contribution in [0.1, 0.15) is 12.8 Å². The third-order valence-electron chi connectivity index (χ3n) is 1.46. The molecule has 0 aromatic carbocycles. The van der Waals surface area contributed by atoms with Crippen LogP contribution in [0, 0.1) is 6.92 Å². The maximum atomic E-state index is 10.5. The van der Waals surface area contributed by atoms with Crippen molar-refractivity contribution in [1.82, 2.24) is 4.90 Å². The first kappa shape index (κ1) is 8.94. The van der Waals surface area contributed by atoms with Gasteiger partial charge < -0.3 is 16.6 Å². The van der Waals surface area contributed by atoms with Gasteiger partial charge in [0, 0.05) is 13.1 Å². The minimum absolute atomic E-state index is 0. The molecule has 0 N–H and O–H groups in total. The molecule has 0 aliphatic carbocycles. The molecule has 0 unspecified atom stereocenters. The predicted molar refractivity (Wildman–Crippen MR) is 31.2 cm³/mol. The first-order valence-electron chi connectivity index (χ1n) is 2.91. The minimum atomic E-state index is -0.0255. The Kier molecular flexibility index (Phi) is 3.84. The van der Waals surface area contributed by atoms with E-state index in [0.29, 0.717) is 0 Å². The summed E-state index contributed by atoms with van der Waals surface area (Å²) in [5.41, 5.74) is 0. The van der Waals surface area contributed by atoms with Crippen molar-refractivity contribution in [3.05, 3.63) is 6.92 Å². The average molecular weight is 119 g/mol. The molecule has 0 radical (unpaired) electrons. The summed E-state index contributed by atoms with van der Waals surface area (Å²) in [6.45, 7) is 5.15. The third-order valence-corrected chi connectivity index (χ3v) is 1.46. The third kappa shape index (κ3) is 2.34. The Labute approximate surface area is 67.8 Å². The molecule has 46 valence electrons. The van der Waals surface area contributed by atoms with Gasteiger partial charge in [0.15, 0.2) is 0 Å². The number of carbonyl (C=O) groups is 1. The van der Waals surface area contributed by atoms with Crippen LogP contribution in [0.5, 0.6) is 0 Å². The molecule has 0 aromatic heterocycles. The first-order chi connectivity index (χ1) is 3.80. The van der Waals surface area contributed by atoms with Crippen LogP contribution >= 0.6 is 0 Å². The van der Waals surface area contributed by atoms with Crippen LogP contribution in [0.4, 0.5) is 0 Å². The average Bonchev–Trinajstić information content (AvgIpc) is 2.12. The van der Waals surface area contributed by atoms with E-state index in [1.807, 2.05) is 0 Å². The zero-order valence-corrected chi connectivity index (χ0v) is 5.89. The van der Waals surface area contributed by atoms with E-state index in [-0.39, 0.29) is 24.8 Å². The fourth-order valence-electron chi connectivity index (χ4n) is 0.967. The van der Waals surface area contributed by atoms with Crippen molar-refractivity contribution in [2.75, 3.05) is 13.1 Å². The number of hydrogen-bond donors (Lipinski definition) is 0. The molecular weight excluding hydrogens is 109 g/mol. The summed E-state index contributed by atoms with van der Waals surface area (Å²) in [6.07, 6.45) is 2.31. The monoisotopic (exact) mass is 119 g/mol. The zero-order chi connectivity index (χ0) is 5.98. The Hall–Kier alpha value is -0.0626. The van der Waals surface area contributed by atoms with E-state index < -0.39 is 0 Å². The molecule has 1 amide bonds. The van der Waals surface area contributed by atoms with Gasteiger partial charge in [0.25, 0.3) is 0 Å². The Morgan fingerprint density at radius 2 is 1.78 bits per heavy atom. The van der Waals surface area contributed by atoms with Crippen LogP contribution < -0.4 is 18.9 Å². The van der Waals surface area contributed by atoms with E-state index in [1.165, 1.54) is 0 Å². The van der Waals surface area contributed by atoms with Crippen molar-refractivity contribution in [2.24, 2.45) is 0 Å². The summed E-state index contributed by atoms with van der Waals surface area (Å²) in [5, 5.41) is 0. The number of rotatable bonds is 0. The van der Waals surface area contributed by atoms with E-state index in [1.54, 1.807) is 4.90 Å². The molecule has 1 saturated heterocycles. The molecule has 0 atom stereocenters. The Morgan fingerprint density at radius 3 is 2.00 bits per heavy atom. The van der Waals surface area contributed by atoms with Crippen molar-refractivity contribution in [2.45, 2.75) is 12.8 Å². The van der Waals surface area contributed by atoms with Gasteiger partial charge in [0.05, 0.1) is 5.91 Å². The maximum Gasteiger partial charge on any atom is 1.00 e. The van der Waals surface area contributed by atoms with Gasteiger partial charge >= 0.3 is 18.9 Å². The van der Waals surface area contributed by atoms with Crippen molar-refractivity contribution >= 4 is 5.91 Å². The molecule has 2 nitrogen and oxygen atoms in total. The van der Waals surface area contributed by atoms with Crippen molar-refractivity contribution < 1.29 is 23.7 Å². The molecule has 0 spiro atoms. The Balaban J connectivity index is 0.000000640. The van der Waals surface area contributed by atoms with Gasteiger partial charge in [-0.15, -0.1) is 0 Å². The summed E-state index contributed by atoms with van der Waals surface area (Å²) < 4.78 is 0. The molecule has 1 aliphatic rings. The van der Waals surface area contributed by atoms with Gasteiger partial charge in [0.1, 0.15) is 0 Å². The van der Waals surface area contributed by atoms with Crippen LogP contribution in [0.2, 0.25) is 0 Å².